The lowest BCUT2D eigenvalue weighted by molar-refractivity contribution is 0.101. The second-order valence-electron chi connectivity index (χ2n) is 4.16. The summed E-state index contributed by atoms with van der Waals surface area (Å²) in [6.07, 6.45) is 0. The lowest BCUT2D eigenvalue weighted by atomic mass is 10.1. The maximum absolute atomic E-state index is 12.2. The van der Waals surface area contributed by atoms with Gasteiger partial charge in [-0.3, -0.25) is 9.59 Å². The van der Waals surface area contributed by atoms with Crippen molar-refractivity contribution in [3.8, 4) is 0 Å². The molecule has 1 amide bonds. The Labute approximate surface area is 126 Å². The molecule has 0 atom stereocenters. The van der Waals surface area contributed by atoms with Gasteiger partial charge in [0.25, 0.3) is 5.91 Å². The van der Waals surface area contributed by atoms with Crippen molar-refractivity contribution in [3.63, 3.8) is 0 Å². The fraction of sp³-hybridized carbons (Fsp3) is 0.0667. The topological polar surface area (TPSA) is 46.2 Å². The van der Waals surface area contributed by atoms with Crippen molar-refractivity contribution >= 4 is 40.6 Å². The molecule has 0 unspecified atom stereocenters. The summed E-state index contributed by atoms with van der Waals surface area (Å²) in [7, 11) is 0. The zero-order valence-electron chi connectivity index (χ0n) is 10.6. The van der Waals surface area contributed by atoms with Crippen LogP contribution in [0, 0.1) is 0 Å². The van der Waals surface area contributed by atoms with Gasteiger partial charge in [-0.05, 0) is 31.2 Å². The largest absolute Gasteiger partial charge is 0.321 e. The first-order chi connectivity index (χ1) is 9.50. The summed E-state index contributed by atoms with van der Waals surface area (Å²) in [6, 6.07) is 11.6. The highest BCUT2D eigenvalue weighted by molar-refractivity contribution is 6.44. The molecular weight excluding hydrogens is 297 g/mol. The SMILES string of the molecule is CC(=O)c1ccccc1NC(=O)c1cccc(Cl)c1Cl. The second-order valence-corrected chi connectivity index (χ2v) is 4.94. The zero-order chi connectivity index (χ0) is 14.7. The van der Waals surface area contributed by atoms with Crippen LogP contribution in [0.15, 0.2) is 42.5 Å². The molecule has 3 nitrogen and oxygen atoms in total. The lowest BCUT2D eigenvalue weighted by Crippen LogP contribution is -2.14. The van der Waals surface area contributed by atoms with Crippen LogP contribution in [0.3, 0.4) is 0 Å². The summed E-state index contributed by atoms with van der Waals surface area (Å²) in [5, 5.41) is 3.17. The molecule has 0 aliphatic carbocycles. The van der Waals surface area contributed by atoms with Crippen molar-refractivity contribution in [1.29, 1.82) is 0 Å². The molecule has 0 heterocycles. The van der Waals surface area contributed by atoms with Crippen LogP contribution in [0.5, 0.6) is 0 Å². The highest BCUT2D eigenvalue weighted by atomic mass is 35.5. The predicted molar refractivity (Wildman–Crippen MR) is 80.9 cm³/mol. The van der Waals surface area contributed by atoms with Crippen molar-refractivity contribution in [2.24, 2.45) is 0 Å². The van der Waals surface area contributed by atoms with Crippen LogP contribution < -0.4 is 5.32 Å². The van der Waals surface area contributed by atoms with Crippen LogP contribution in [0.2, 0.25) is 10.0 Å². The van der Waals surface area contributed by atoms with E-state index in [2.05, 4.69) is 5.32 Å². The number of halogens is 2. The first kappa shape index (κ1) is 14.6. The highest BCUT2D eigenvalue weighted by Crippen LogP contribution is 2.26. The Balaban J connectivity index is 2.33. The summed E-state index contributed by atoms with van der Waals surface area (Å²) in [6.45, 7) is 1.44. The van der Waals surface area contributed by atoms with E-state index in [1.807, 2.05) is 0 Å². The molecule has 2 rings (SSSR count). The molecule has 2 aromatic rings. The molecule has 5 heteroatoms. The van der Waals surface area contributed by atoms with Gasteiger partial charge in [-0.2, -0.15) is 0 Å². The van der Waals surface area contributed by atoms with Crippen molar-refractivity contribution in [2.45, 2.75) is 6.92 Å². The number of nitrogens with one attached hydrogen (secondary N) is 1. The number of hydrogen-bond acceptors (Lipinski definition) is 2. The van der Waals surface area contributed by atoms with Crippen LogP contribution in [-0.4, -0.2) is 11.7 Å². The minimum Gasteiger partial charge on any atom is -0.321 e. The fourth-order valence-corrected chi connectivity index (χ4v) is 2.15. The van der Waals surface area contributed by atoms with Crippen LogP contribution in [0.25, 0.3) is 0 Å². The van der Waals surface area contributed by atoms with Gasteiger partial charge in [-0.1, -0.05) is 41.4 Å². The van der Waals surface area contributed by atoms with E-state index in [1.54, 1.807) is 42.5 Å². The molecular formula is C15H11Cl2NO2. The van der Waals surface area contributed by atoms with Crippen molar-refractivity contribution in [1.82, 2.24) is 0 Å². The number of para-hydroxylation sites is 1. The average Bonchev–Trinajstić information content (AvgIpc) is 2.42. The lowest BCUT2D eigenvalue weighted by Gasteiger charge is -2.10. The van der Waals surface area contributed by atoms with Crippen LogP contribution >= 0.6 is 23.2 Å². The monoisotopic (exact) mass is 307 g/mol. The third kappa shape index (κ3) is 3.00. The third-order valence-electron chi connectivity index (χ3n) is 2.75. The van der Waals surface area contributed by atoms with E-state index in [0.29, 0.717) is 16.3 Å². The number of anilines is 1. The molecule has 0 aromatic heterocycles. The summed E-state index contributed by atoms with van der Waals surface area (Å²) in [5.74, 6) is -0.538. The van der Waals surface area contributed by atoms with Crippen LogP contribution in [0.4, 0.5) is 5.69 Å². The average molecular weight is 308 g/mol. The molecule has 0 radical (unpaired) electrons. The number of hydrogen-bond donors (Lipinski definition) is 1. The molecule has 0 aliphatic heterocycles. The quantitative estimate of drug-likeness (QED) is 0.852. The Morgan fingerprint density at radius 2 is 1.60 bits per heavy atom. The van der Waals surface area contributed by atoms with Gasteiger partial charge in [0.1, 0.15) is 0 Å². The number of benzene rings is 2. The molecule has 0 bridgehead atoms. The minimum absolute atomic E-state index is 0.127. The number of carbonyl (C=O) groups excluding carboxylic acids is 2. The van der Waals surface area contributed by atoms with Gasteiger partial charge in [0.05, 0.1) is 21.3 Å². The van der Waals surface area contributed by atoms with E-state index in [-0.39, 0.29) is 16.4 Å². The van der Waals surface area contributed by atoms with E-state index < -0.39 is 5.91 Å². The van der Waals surface area contributed by atoms with Gasteiger partial charge in [-0.15, -0.1) is 0 Å². The minimum atomic E-state index is -0.411. The van der Waals surface area contributed by atoms with Crippen molar-refractivity contribution in [2.75, 3.05) is 5.32 Å². The van der Waals surface area contributed by atoms with Gasteiger partial charge in [0.2, 0.25) is 0 Å². The Morgan fingerprint density at radius 3 is 2.30 bits per heavy atom. The number of ketones is 1. The Hall–Kier alpha value is -1.84. The van der Waals surface area contributed by atoms with Gasteiger partial charge in [0.15, 0.2) is 5.78 Å². The van der Waals surface area contributed by atoms with Gasteiger partial charge in [0, 0.05) is 5.56 Å². The summed E-state index contributed by atoms with van der Waals surface area (Å²) in [4.78, 5) is 23.7. The number of Topliss-reactive ketones (excluding diaryl/α,β-unsaturated/α-hetero) is 1. The fourth-order valence-electron chi connectivity index (χ4n) is 1.77. The molecule has 102 valence electrons. The molecule has 1 N–H and O–H groups in total. The van der Waals surface area contributed by atoms with Crippen LogP contribution in [-0.2, 0) is 0 Å². The van der Waals surface area contributed by atoms with Crippen molar-refractivity contribution in [3.05, 3.63) is 63.6 Å². The van der Waals surface area contributed by atoms with E-state index in [4.69, 9.17) is 23.2 Å². The van der Waals surface area contributed by atoms with E-state index in [9.17, 15) is 9.59 Å². The molecule has 0 spiro atoms. The third-order valence-corrected chi connectivity index (χ3v) is 3.57. The predicted octanol–water partition coefficient (Wildman–Crippen LogP) is 4.45. The standard InChI is InChI=1S/C15H11Cl2NO2/c1-9(19)10-5-2-3-8-13(10)18-15(20)11-6-4-7-12(16)14(11)17/h2-8H,1H3,(H,18,20). The van der Waals surface area contributed by atoms with Gasteiger partial charge in [-0.25, -0.2) is 0 Å². The zero-order valence-corrected chi connectivity index (χ0v) is 12.1. The smallest absolute Gasteiger partial charge is 0.257 e. The molecule has 0 saturated heterocycles. The summed E-state index contributed by atoms with van der Waals surface area (Å²) < 4.78 is 0. The molecule has 0 fully saturated rings. The summed E-state index contributed by atoms with van der Waals surface area (Å²) in [5.41, 5.74) is 1.15. The summed E-state index contributed by atoms with van der Waals surface area (Å²) >= 11 is 11.9. The normalized spacial score (nSPS) is 10.2. The number of carbonyl (C=O) groups is 2. The molecule has 20 heavy (non-hydrogen) atoms. The number of rotatable bonds is 3. The Kier molecular flexibility index (Phi) is 4.42. The van der Waals surface area contributed by atoms with Crippen LogP contribution in [0.1, 0.15) is 27.6 Å². The first-order valence-corrected chi connectivity index (χ1v) is 6.61. The maximum Gasteiger partial charge on any atom is 0.257 e. The maximum atomic E-state index is 12.2. The number of amides is 1. The van der Waals surface area contributed by atoms with E-state index in [1.165, 1.54) is 6.92 Å². The highest BCUT2D eigenvalue weighted by Gasteiger charge is 2.15. The molecule has 2 aromatic carbocycles. The molecule has 0 saturated carbocycles. The Morgan fingerprint density at radius 1 is 0.950 bits per heavy atom. The van der Waals surface area contributed by atoms with Gasteiger partial charge >= 0.3 is 0 Å². The van der Waals surface area contributed by atoms with Gasteiger partial charge < -0.3 is 5.32 Å². The molecule has 0 aliphatic rings. The Bertz CT molecular complexity index is 683. The van der Waals surface area contributed by atoms with E-state index in [0.717, 1.165) is 0 Å². The van der Waals surface area contributed by atoms with Crippen molar-refractivity contribution < 1.29 is 9.59 Å². The van der Waals surface area contributed by atoms with E-state index >= 15 is 0 Å². The first-order valence-electron chi connectivity index (χ1n) is 5.86. The second kappa shape index (κ2) is 6.07.